The van der Waals surface area contributed by atoms with E-state index in [9.17, 15) is 0 Å². The van der Waals surface area contributed by atoms with Crippen LogP contribution in [0.2, 0.25) is 0 Å². The zero-order valence-electron chi connectivity index (χ0n) is 71.0. The van der Waals surface area contributed by atoms with Crippen molar-refractivity contribution in [3.63, 3.8) is 0 Å². The average Bonchev–Trinajstić information content (AvgIpc) is 0.734. The van der Waals surface area contributed by atoms with E-state index in [1.165, 1.54) is 132 Å². The molecular formula is C124H89BrN4. The van der Waals surface area contributed by atoms with Crippen molar-refractivity contribution in [2.45, 2.75) is 0 Å². The largest absolute Gasteiger partial charge is 0.356 e. The molecule has 0 unspecified atom stereocenters. The van der Waals surface area contributed by atoms with Gasteiger partial charge >= 0.3 is 0 Å². The first kappa shape index (κ1) is 80.9. The van der Waals surface area contributed by atoms with Gasteiger partial charge in [0.1, 0.15) is 0 Å². The van der Waals surface area contributed by atoms with Crippen molar-refractivity contribution in [1.29, 1.82) is 0 Å². The highest BCUT2D eigenvalue weighted by Crippen LogP contribution is 2.49. The Kier molecular flexibility index (Phi) is 23.8. The first-order chi connectivity index (χ1) is 63.9. The van der Waals surface area contributed by atoms with Crippen molar-refractivity contribution in [3.8, 4) is 89.0 Å². The molecule has 0 aromatic heterocycles. The van der Waals surface area contributed by atoms with Gasteiger partial charge in [0, 0.05) is 67.0 Å². The van der Waals surface area contributed by atoms with Crippen LogP contribution < -0.4 is 20.0 Å². The van der Waals surface area contributed by atoms with Crippen LogP contribution in [0.15, 0.2) is 538 Å². The molecule has 0 saturated carbocycles. The lowest BCUT2D eigenvalue weighted by Crippen LogP contribution is -2.09. The molecule has 0 heterocycles. The van der Waals surface area contributed by atoms with Crippen LogP contribution in [-0.2, 0) is 0 Å². The fourth-order valence-corrected chi connectivity index (χ4v) is 18.2. The summed E-state index contributed by atoms with van der Waals surface area (Å²) in [6.45, 7) is 0. The maximum atomic E-state index is 3.56. The number of rotatable bonds is 19. The van der Waals surface area contributed by atoms with E-state index in [2.05, 4.69) is 539 Å². The maximum absolute atomic E-state index is 3.56. The third-order valence-corrected chi connectivity index (χ3v) is 24.5. The summed E-state index contributed by atoms with van der Waals surface area (Å²) in [6, 6.07) is 190. The van der Waals surface area contributed by atoms with E-state index >= 15 is 0 Å². The van der Waals surface area contributed by atoms with E-state index in [4.69, 9.17) is 0 Å². The van der Waals surface area contributed by atoms with Crippen LogP contribution in [0.4, 0.5) is 62.6 Å². The van der Waals surface area contributed by atoms with Gasteiger partial charge in [-0.25, -0.2) is 0 Å². The number of nitrogens with zero attached hydrogens (tertiary/aromatic N) is 3. The summed E-state index contributed by atoms with van der Waals surface area (Å²) in [5, 5.41) is 13.6. The molecule has 0 aliphatic heterocycles. The fourth-order valence-electron chi connectivity index (χ4n) is 17.9. The summed E-state index contributed by atoms with van der Waals surface area (Å²) < 4.78 is 1.09. The first-order valence-electron chi connectivity index (χ1n) is 43.9. The monoisotopic (exact) mass is 1710 g/mol. The molecule has 0 fully saturated rings. The van der Waals surface area contributed by atoms with Crippen LogP contribution in [0.3, 0.4) is 0 Å². The molecule has 0 aliphatic carbocycles. The van der Waals surface area contributed by atoms with Gasteiger partial charge in [-0.05, 0) is 290 Å². The number of hydrogen-bond acceptors (Lipinski definition) is 4. The Hall–Kier alpha value is -16.4. The summed E-state index contributed by atoms with van der Waals surface area (Å²) in [4.78, 5) is 6.90. The molecular weight excluding hydrogens is 1630 g/mol. The molecule has 0 radical (unpaired) electrons. The Bertz CT molecular complexity index is 7440. The molecule has 0 atom stereocenters. The molecule has 612 valence electrons. The fraction of sp³-hybridized carbons (Fsp3) is 0. The van der Waals surface area contributed by atoms with Gasteiger partial charge in [-0.3, -0.25) is 0 Å². The van der Waals surface area contributed by atoms with Gasteiger partial charge in [-0.2, -0.15) is 0 Å². The predicted molar refractivity (Wildman–Crippen MR) is 554 cm³/mol. The quantitative estimate of drug-likeness (QED) is 0.0815. The van der Waals surface area contributed by atoms with E-state index < -0.39 is 0 Å². The van der Waals surface area contributed by atoms with Gasteiger partial charge in [-0.15, -0.1) is 0 Å². The van der Waals surface area contributed by atoms with Crippen LogP contribution in [0.25, 0.3) is 132 Å². The molecule has 0 aliphatic rings. The molecule has 0 saturated heterocycles. The Balaban J connectivity index is 0.000000134. The van der Waals surface area contributed by atoms with Gasteiger partial charge in [0.15, 0.2) is 0 Å². The summed E-state index contributed by atoms with van der Waals surface area (Å²) in [6.07, 6.45) is 0. The molecule has 129 heavy (non-hydrogen) atoms. The lowest BCUT2D eigenvalue weighted by Gasteiger charge is -2.26. The molecule has 1 N–H and O–H groups in total. The third kappa shape index (κ3) is 17.6. The van der Waals surface area contributed by atoms with Gasteiger partial charge in [0.2, 0.25) is 0 Å². The van der Waals surface area contributed by atoms with Crippen molar-refractivity contribution in [2.24, 2.45) is 0 Å². The smallest absolute Gasteiger partial charge is 0.0462 e. The molecule has 5 heteroatoms. The topological polar surface area (TPSA) is 21.8 Å². The first-order valence-corrected chi connectivity index (χ1v) is 44.7. The summed E-state index contributed by atoms with van der Waals surface area (Å²) in [5.74, 6) is 0. The number of nitrogens with one attached hydrogen (secondary N) is 1. The van der Waals surface area contributed by atoms with Crippen LogP contribution in [0, 0.1) is 0 Å². The van der Waals surface area contributed by atoms with Crippen LogP contribution >= 0.6 is 15.9 Å². The van der Waals surface area contributed by atoms with Gasteiger partial charge in [0.05, 0.1) is 0 Å². The predicted octanol–water partition coefficient (Wildman–Crippen LogP) is 35.9. The van der Waals surface area contributed by atoms with Gasteiger partial charge in [0.25, 0.3) is 0 Å². The molecule has 22 aromatic rings. The van der Waals surface area contributed by atoms with Crippen molar-refractivity contribution < 1.29 is 0 Å². The minimum atomic E-state index is 1.08. The highest BCUT2D eigenvalue weighted by atomic mass is 79.9. The van der Waals surface area contributed by atoms with E-state index in [0.717, 1.165) is 67.0 Å². The van der Waals surface area contributed by atoms with Crippen LogP contribution in [-0.4, -0.2) is 0 Å². The number of benzene rings is 22. The van der Waals surface area contributed by atoms with Crippen molar-refractivity contribution >= 4 is 122 Å². The van der Waals surface area contributed by atoms with E-state index in [1.807, 2.05) is 30.3 Å². The standard InChI is InChI=1S/C62H44N2.C32H21Br.C30H24N2/c1-6-18-48(19-7-1)61-57-28-16-17-29-58(57)62(49-20-8-2-9-21-49)60-44-50(36-43-59(60)61)47-34-41-56(42-35-47)64(53-26-14-5-15-27-53)55-39-32-46(33-40-55)45-30-37-54(38-31-45)63(51-22-10-3-11-23-51)52-24-12-4-13-25-52;33-26-18-15-22(16-19-26)25-17-20-29-30(21-25)32(24-11-5-2-6-12-24)28-14-8-7-13-27(28)31(29)23-9-3-1-4-10-23;1-4-10-26(11-5-1)31-27-20-16-24(17-21-27)25-18-22-30(23-19-25)32(28-12-6-2-7-13-28)29-14-8-3-9-15-29/h1-44H;1-21H;1-23,31H. The lowest BCUT2D eigenvalue weighted by atomic mass is 9.85. The zero-order valence-corrected chi connectivity index (χ0v) is 72.6. The Labute approximate surface area is 763 Å². The normalized spacial score (nSPS) is 11.0. The molecule has 0 amide bonds. The molecule has 22 aromatic carbocycles. The molecule has 22 rings (SSSR count). The van der Waals surface area contributed by atoms with Gasteiger partial charge < -0.3 is 20.0 Å². The number of para-hydroxylation sites is 6. The zero-order chi connectivity index (χ0) is 86.4. The lowest BCUT2D eigenvalue weighted by molar-refractivity contribution is 1.28. The van der Waals surface area contributed by atoms with E-state index in [-0.39, 0.29) is 0 Å². The van der Waals surface area contributed by atoms with E-state index in [0.29, 0.717) is 0 Å². The molecule has 0 bridgehead atoms. The molecule has 0 spiro atoms. The average molecular weight is 1720 g/mol. The number of fused-ring (bicyclic) bond motifs is 4. The summed E-state index contributed by atoms with van der Waals surface area (Å²) in [5.41, 5.74) is 31.8. The third-order valence-electron chi connectivity index (χ3n) is 24.0. The van der Waals surface area contributed by atoms with Crippen LogP contribution in [0.1, 0.15) is 0 Å². The Morgan fingerprint density at radius 3 is 0.574 bits per heavy atom. The molecule has 4 nitrogen and oxygen atoms in total. The SMILES string of the molecule is Brc1ccc(-c2ccc3c(-c4ccccc4)c4ccccc4c(-c4ccccc4)c3c2)cc1.c1ccc(-c2c3ccccc3c(-c3ccccc3)c3cc(-c4ccc(N(c5ccccc5)c5ccc(-c6ccc(N(c7ccccc7)c7ccccc7)cc6)cc5)cc4)ccc23)cc1.c1ccc(Nc2ccc(-c3ccc(N(c4ccccc4)c4ccccc4)cc3)cc2)cc1. The van der Waals surface area contributed by atoms with Crippen molar-refractivity contribution in [1.82, 2.24) is 0 Å². The Morgan fingerprint density at radius 2 is 0.310 bits per heavy atom. The number of anilines is 11. The van der Waals surface area contributed by atoms with Crippen molar-refractivity contribution in [3.05, 3.63) is 538 Å². The summed E-state index contributed by atoms with van der Waals surface area (Å²) >= 11 is 3.56. The maximum Gasteiger partial charge on any atom is 0.0462 e. The Morgan fingerprint density at radius 1 is 0.132 bits per heavy atom. The van der Waals surface area contributed by atoms with Gasteiger partial charge in [-0.1, -0.05) is 392 Å². The second kappa shape index (κ2) is 37.9. The second-order valence-electron chi connectivity index (χ2n) is 32.0. The van der Waals surface area contributed by atoms with Crippen molar-refractivity contribution in [2.75, 3.05) is 20.0 Å². The minimum absolute atomic E-state index is 1.08. The highest BCUT2D eigenvalue weighted by Gasteiger charge is 2.23. The van der Waals surface area contributed by atoms with E-state index in [1.54, 1.807) is 0 Å². The summed E-state index contributed by atoms with van der Waals surface area (Å²) in [7, 11) is 0. The number of hydrogen-bond donors (Lipinski definition) is 1. The van der Waals surface area contributed by atoms with Crippen LogP contribution in [0.5, 0.6) is 0 Å². The second-order valence-corrected chi connectivity index (χ2v) is 32.9. The number of halogens is 1. The highest BCUT2D eigenvalue weighted by molar-refractivity contribution is 9.10. The minimum Gasteiger partial charge on any atom is -0.356 e.